The number of hydrogen-bond donors (Lipinski definition) is 2. The smallest absolute Gasteiger partial charge is 0.412 e. The first-order valence-corrected chi connectivity index (χ1v) is 9.86. The topological polar surface area (TPSA) is 87.6 Å². The van der Waals surface area contributed by atoms with Crippen LogP contribution in [0.25, 0.3) is 22.3 Å². The SMILES string of the molecule is C=C(C)OC(=O)N[C@H]1CCN(c2nc(-c3ccccc3O)nc3cc(C)ccc23)C1. The number of para-hydroxylation sites is 1. The fraction of sp³-hybridized carbons (Fsp3) is 0.261. The Morgan fingerprint density at radius 1 is 1.27 bits per heavy atom. The predicted octanol–water partition coefficient (Wildman–Crippen LogP) is 4.15. The van der Waals surface area contributed by atoms with Gasteiger partial charge in [-0.15, -0.1) is 0 Å². The van der Waals surface area contributed by atoms with Gasteiger partial charge < -0.3 is 20.1 Å². The number of aryl methyl sites for hydroxylation is 1. The molecule has 2 N–H and O–H groups in total. The van der Waals surface area contributed by atoms with Gasteiger partial charge in [0.25, 0.3) is 0 Å². The van der Waals surface area contributed by atoms with E-state index in [1.807, 2.05) is 31.2 Å². The molecule has 7 heteroatoms. The van der Waals surface area contributed by atoms with Gasteiger partial charge in [0.15, 0.2) is 5.82 Å². The first kappa shape index (κ1) is 19.7. The van der Waals surface area contributed by atoms with Crippen molar-refractivity contribution >= 4 is 22.8 Å². The minimum atomic E-state index is -0.493. The van der Waals surface area contributed by atoms with Crippen LogP contribution in [-0.2, 0) is 4.74 Å². The summed E-state index contributed by atoms with van der Waals surface area (Å²) >= 11 is 0. The fourth-order valence-corrected chi connectivity index (χ4v) is 3.67. The van der Waals surface area contributed by atoms with E-state index in [9.17, 15) is 9.90 Å². The van der Waals surface area contributed by atoms with Crippen molar-refractivity contribution in [3.8, 4) is 17.1 Å². The summed E-state index contributed by atoms with van der Waals surface area (Å²) in [5.74, 6) is 1.75. The highest BCUT2D eigenvalue weighted by Crippen LogP contribution is 2.33. The molecule has 2 heterocycles. The number of phenols is 1. The van der Waals surface area contributed by atoms with Crippen LogP contribution in [0, 0.1) is 6.92 Å². The number of ether oxygens (including phenoxy) is 1. The maximum atomic E-state index is 11.9. The lowest BCUT2D eigenvalue weighted by Crippen LogP contribution is -2.37. The maximum absolute atomic E-state index is 11.9. The molecule has 0 radical (unpaired) electrons. The second kappa shape index (κ2) is 8.02. The quantitative estimate of drug-likeness (QED) is 0.635. The van der Waals surface area contributed by atoms with Gasteiger partial charge in [-0.3, -0.25) is 0 Å². The van der Waals surface area contributed by atoms with Crippen molar-refractivity contribution in [1.82, 2.24) is 15.3 Å². The van der Waals surface area contributed by atoms with Crippen LogP contribution in [0.15, 0.2) is 54.8 Å². The lowest BCUT2D eigenvalue weighted by atomic mass is 10.1. The Balaban J connectivity index is 1.69. The van der Waals surface area contributed by atoms with E-state index in [0.29, 0.717) is 23.7 Å². The molecule has 1 aliphatic rings. The molecule has 1 aromatic heterocycles. The Hall–Kier alpha value is -3.61. The molecule has 0 bridgehead atoms. The van der Waals surface area contributed by atoms with E-state index < -0.39 is 6.09 Å². The summed E-state index contributed by atoms with van der Waals surface area (Å²) in [5, 5.41) is 14.1. The van der Waals surface area contributed by atoms with Gasteiger partial charge in [0.05, 0.1) is 22.9 Å². The van der Waals surface area contributed by atoms with E-state index in [-0.39, 0.29) is 11.8 Å². The number of allylic oxidation sites excluding steroid dienone is 1. The third-order valence-corrected chi connectivity index (χ3v) is 5.05. The number of benzene rings is 2. The predicted molar refractivity (Wildman–Crippen MR) is 116 cm³/mol. The third-order valence-electron chi connectivity index (χ3n) is 5.05. The first-order valence-electron chi connectivity index (χ1n) is 9.86. The molecule has 30 heavy (non-hydrogen) atoms. The van der Waals surface area contributed by atoms with Crippen LogP contribution < -0.4 is 10.2 Å². The van der Waals surface area contributed by atoms with E-state index in [4.69, 9.17) is 14.7 Å². The van der Waals surface area contributed by atoms with Gasteiger partial charge in [0.2, 0.25) is 0 Å². The van der Waals surface area contributed by atoms with Crippen LogP contribution in [0.5, 0.6) is 5.75 Å². The van der Waals surface area contributed by atoms with Crippen molar-refractivity contribution in [1.29, 1.82) is 0 Å². The van der Waals surface area contributed by atoms with Crippen molar-refractivity contribution < 1.29 is 14.6 Å². The highest BCUT2D eigenvalue weighted by molar-refractivity contribution is 5.92. The number of phenolic OH excluding ortho intramolecular Hbond substituents is 1. The van der Waals surface area contributed by atoms with Crippen LogP contribution in [0.2, 0.25) is 0 Å². The number of fused-ring (bicyclic) bond motifs is 1. The number of hydrogen-bond acceptors (Lipinski definition) is 6. The highest BCUT2D eigenvalue weighted by Gasteiger charge is 2.27. The van der Waals surface area contributed by atoms with E-state index in [0.717, 1.165) is 35.2 Å². The Morgan fingerprint density at radius 3 is 2.83 bits per heavy atom. The maximum Gasteiger partial charge on any atom is 0.412 e. The van der Waals surface area contributed by atoms with Crippen LogP contribution in [0.1, 0.15) is 18.9 Å². The lowest BCUT2D eigenvalue weighted by molar-refractivity contribution is 0.173. The second-order valence-electron chi connectivity index (χ2n) is 7.58. The molecule has 2 aromatic carbocycles. The average molecular weight is 404 g/mol. The molecule has 1 aliphatic heterocycles. The molecule has 1 saturated heterocycles. The zero-order chi connectivity index (χ0) is 21.3. The number of carbonyl (C=O) groups excluding carboxylic acids is 1. The number of amides is 1. The van der Waals surface area contributed by atoms with Crippen LogP contribution >= 0.6 is 0 Å². The zero-order valence-corrected chi connectivity index (χ0v) is 17.1. The van der Waals surface area contributed by atoms with Crippen molar-refractivity contribution in [2.75, 3.05) is 18.0 Å². The van der Waals surface area contributed by atoms with Gasteiger partial charge in [-0.05, 0) is 50.1 Å². The Kier molecular flexibility index (Phi) is 5.27. The van der Waals surface area contributed by atoms with Crippen molar-refractivity contribution in [2.45, 2.75) is 26.3 Å². The third kappa shape index (κ3) is 4.05. The number of aromatic hydroxyl groups is 1. The highest BCUT2D eigenvalue weighted by atomic mass is 16.6. The van der Waals surface area contributed by atoms with Crippen molar-refractivity contribution in [2.24, 2.45) is 0 Å². The van der Waals surface area contributed by atoms with Crippen LogP contribution in [0.4, 0.5) is 10.6 Å². The molecule has 0 unspecified atom stereocenters. The number of aromatic nitrogens is 2. The van der Waals surface area contributed by atoms with E-state index in [1.165, 1.54) is 0 Å². The van der Waals surface area contributed by atoms with E-state index >= 15 is 0 Å². The van der Waals surface area contributed by atoms with Gasteiger partial charge in [-0.2, -0.15) is 0 Å². The average Bonchev–Trinajstić information content (AvgIpc) is 3.14. The van der Waals surface area contributed by atoms with Crippen molar-refractivity contribution in [3.63, 3.8) is 0 Å². The standard InChI is InChI=1S/C23H24N4O3/c1-14(2)30-23(29)24-16-10-11-27(13-16)22-17-9-8-15(3)12-19(17)25-21(26-22)18-6-4-5-7-20(18)28/h4-9,12,16,28H,1,10-11,13H2,2-3H3,(H,24,29)/t16-/m0/s1. The summed E-state index contributed by atoms with van der Waals surface area (Å²) in [6.07, 6.45) is 0.279. The summed E-state index contributed by atoms with van der Waals surface area (Å²) < 4.78 is 5.01. The number of carbonyl (C=O) groups is 1. The molecule has 4 rings (SSSR count). The van der Waals surface area contributed by atoms with Gasteiger partial charge >= 0.3 is 6.09 Å². The Morgan fingerprint density at radius 2 is 2.07 bits per heavy atom. The molecule has 0 spiro atoms. The largest absolute Gasteiger partial charge is 0.507 e. The summed E-state index contributed by atoms with van der Waals surface area (Å²) in [6, 6.07) is 13.1. The van der Waals surface area contributed by atoms with Gasteiger partial charge in [-0.25, -0.2) is 14.8 Å². The zero-order valence-electron chi connectivity index (χ0n) is 17.1. The number of rotatable bonds is 4. The summed E-state index contributed by atoms with van der Waals surface area (Å²) in [6.45, 7) is 8.58. The summed E-state index contributed by atoms with van der Waals surface area (Å²) in [7, 11) is 0. The van der Waals surface area contributed by atoms with Crippen LogP contribution in [-0.4, -0.2) is 40.3 Å². The molecule has 1 atom stereocenters. The number of nitrogens with zero attached hydrogens (tertiary/aromatic N) is 3. The van der Waals surface area contributed by atoms with Crippen LogP contribution in [0.3, 0.4) is 0 Å². The molecule has 0 aliphatic carbocycles. The molecule has 7 nitrogen and oxygen atoms in total. The summed E-state index contributed by atoms with van der Waals surface area (Å²) in [5.41, 5.74) is 2.50. The van der Waals surface area contributed by atoms with E-state index in [2.05, 4.69) is 16.8 Å². The first-order chi connectivity index (χ1) is 14.4. The van der Waals surface area contributed by atoms with Crippen molar-refractivity contribution in [3.05, 3.63) is 60.4 Å². The lowest BCUT2D eigenvalue weighted by Gasteiger charge is -2.21. The van der Waals surface area contributed by atoms with Gasteiger partial charge in [0, 0.05) is 18.5 Å². The molecule has 1 fully saturated rings. The van der Waals surface area contributed by atoms with E-state index in [1.54, 1.807) is 25.1 Å². The Labute approximate surface area is 175 Å². The second-order valence-corrected chi connectivity index (χ2v) is 7.58. The number of anilines is 1. The fourth-order valence-electron chi connectivity index (χ4n) is 3.67. The molecular formula is C23H24N4O3. The molecule has 1 amide bonds. The summed E-state index contributed by atoms with van der Waals surface area (Å²) in [4.78, 5) is 23.6. The molecule has 154 valence electrons. The number of nitrogens with one attached hydrogen (secondary N) is 1. The molecular weight excluding hydrogens is 380 g/mol. The van der Waals surface area contributed by atoms with Gasteiger partial charge in [0.1, 0.15) is 11.6 Å². The number of alkyl carbamates (subject to hydrolysis) is 1. The molecule has 0 saturated carbocycles. The minimum absolute atomic E-state index is 0.0547. The molecule has 3 aromatic rings. The minimum Gasteiger partial charge on any atom is -0.507 e. The van der Waals surface area contributed by atoms with Gasteiger partial charge in [-0.1, -0.05) is 24.8 Å². The Bertz CT molecular complexity index is 1130. The monoisotopic (exact) mass is 404 g/mol. The normalized spacial score (nSPS) is 15.9.